The third-order valence-corrected chi connectivity index (χ3v) is 4.47. The van der Waals surface area contributed by atoms with Crippen molar-refractivity contribution in [2.24, 2.45) is 0 Å². The Morgan fingerprint density at radius 3 is 1.61 bits per heavy atom. The van der Waals surface area contributed by atoms with Gasteiger partial charge in [-0.15, -0.1) is 0 Å². The Labute approximate surface area is 155 Å². The summed E-state index contributed by atoms with van der Waals surface area (Å²) >= 11 is 9.30. The molecule has 0 fully saturated rings. The van der Waals surface area contributed by atoms with Gasteiger partial charge in [0.1, 0.15) is 0 Å². The Balaban J connectivity index is 0.000000231. The fraction of sp³-hybridized carbons (Fsp3) is 0. The number of hydrogen-bond acceptors (Lipinski definition) is 6. The molecule has 2 aromatic carbocycles. The summed E-state index contributed by atoms with van der Waals surface area (Å²) in [6, 6.07) is 6.94. The van der Waals surface area contributed by atoms with Crippen LogP contribution in [0, 0.1) is 20.2 Å². The van der Waals surface area contributed by atoms with E-state index in [0.29, 0.717) is 24.8 Å². The molecule has 0 heterocycles. The lowest BCUT2D eigenvalue weighted by molar-refractivity contribution is -0.385. The smallest absolute Gasteiger partial charge is 0.271 e. The number of nitro groups is 2. The van der Waals surface area contributed by atoms with Crippen molar-refractivity contribution >= 4 is 70.5 Å². The monoisotopic (exact) mass is 510 g/mol. The average Bonchev–Trinajstić information content (AvgIpc) is 2.47. The van der Waals surface area contributed by atoms with Gasteiger partial charge in [0, 0.05) is 43.4 Å². The first-order valence-electron chi connectivity index (χ1n) is 5.71. The molecule has 0 bridgehead atoms. The topological polar surface area (TPSA) is 138 Å². The van der Waals surface area contributed by atoms with Gasteiger partial charge in [-0.1, -0.05) is 0 Å². The summed E-state index contributed by atoms with van der Waals surface area (Å²) in [4.78, 5) is 19.6. The van der Waals surface area contributed by atoms with Crippen LogP contribution in [0.1, 0.15) is 0 Å². The zero-order valence-electron chi connectivity index (χ0n) is 11.2. The molecule has 4 N–H and O–H groups in total. The van der Waals surface area contributed by atoms with E-state index in [4.69, 9.17) is 11.5 Å². The molecule has 0 aliphatic rings. The molecule has 0 amide bonds. The van der Waals surface area contributed by atoms with E-state index in [1.807, 2.05) is 0 Å². The molecule has 0 atom stereocenters. The van der Waals surface area contributed by atoms with Crippen molar-refractivity contribution in [1.29, 1.82) is 0 Å². The molecule has 0 unspecified atom stereocenters. The molecule has 0 aliphatic carbocycles. The fourth-order valence-electron chi connectivity index (χ4n) is 1.31. The highest BCUT2D eigenvalue weighted by Gasteiger charge is 2.11. The number of hydrogen-bond donors (Lipinski definition) is 2. The minimum absolute atomic E-state index is 0.00273. The molecule has 0 aromatic heterocycles. The maximum absolute atomic E-state index is 10.3. The van der Waals surface area contributed by atoms with Crippen molar-refractivity contribution < 1.29 is 9.85 Å². The second-order valence-electron chi connectivity index (χ2n) is 4.04. The van der Waals surface area contributed by atoms with E-state index in [-0.39, 0.29) is 11.4 Å². The van der Waals surface area contributed by atoms with Crippen molar-refractivity contribution in [3.8, 4) is 0 Å². The third kappa shape index (κ3) is 5.44. The fourth-order valence-corrected chi connectivity index (χ4v) is 2.83. The first kappa shape index (κ1) is 19.3. The van der Waals surface area contributed by atoms with E-state index in [0.717, 1.165) is 0 Å². The molecular formula is C12H9Br3N4O4. The number of nitrogens with zero attached hydrogens (tertiary/aromatic N) is 2. The molecule has 11 heteroatoms. The van der Waals surface area contributed by atoms with Gasteiger partial charge in [-0.2, -0.15) is 0 Å². The van der Waals surface area contributed by atoms with Crippen LogP contribution in [0.4, 0.5) is 22.7 Å². The number of benzene rings is 2. The SMILES string of the molecule is Nc1c(Br)cc([N+](=O)[O-])cc1Br.Nc1ccc([N+](=O)[O-])cc1Br. The summed E-state index contributed by atoms with van der Waals surface area (Å²) in [7, 11) is 0. The van der Waals surface area contributed by atoms with Crippen molar-refractivity contribution in [2.45, 2.75) is 0 Å². The van der Waals surface area contributed by atoms with Crippen LogP contribution in [0.15, 0.2) is 43.7 Å². The molecule has 23 heavy (non-hydrogen) atoms. The molecule has 0 saturated heterocycles. The minimum Gasteiger partial charge on any atom is -0.398 e. The molecule has 0 aliphatic heterocycles. The van der Waals surface area contributed by atoms with Crippen molar-refractivity contribution in [3.63, 3.8) is 0 Å². The molecule has 0 saturated carbocycles. The second-order valence-corrected chi connectivity index (χ2v) is 6.61. The normalized spacial score (nSPS) is 9.70. The molecule has 2 aromatic rings. The Morgan fingerprint density at radius 1 is 0.783 bits per heavy atom. The van der Waals surface area contributed by atoms with E-state index in [9.17, 15) is 20.2 Å². The number of anilines is 2. The van der Waals surface area contributed by atoms with Gasteiger partial charge in [-0.25, -0.2) is 0 Å². The minimum atomic E-state index is -0.477. The van der Waals surface area contributed by atoms with Crippen LogP contribution in [0.3, 0.4) is 0 Å². The Morgan fingerprint density at radius 2 is 1.22 bits per heavy atom. The molecule has 2 rings (SSSR count). The van der Waals surface area contributed by atoms with E-state index in [2.05, 4.69) is 47.8 Å². The van der Waals surface area contributed by atoms with Crippen molar-refractivity contribution in [2.75, 3.05) is 11.5 Å². The van der Waals surface area contributed by atoms with Crippen molar-refractivity contribution in [1.82, 2.24) is 0 Å². The van der Waals surface area contributed by atoms with Gasteiger partial charge < -0.3 is 11.5 Å². The summed E-state index contributed by atoms with van der Waals surface area (Å²) in [5, 5.41) is 20.5. The van der Waals surface area contributed by atoms with Crippen LogP contribution < -0.4 is 11.5 Å². The first-order chi connectivity index (χ1) is 10.6. The van der Waals surface area contributed by atoms with Crippen LogP contribution >= 0.6 is 47.8 Å². The first-order valence-corrected chi connectivity index (χ1v) is 8.09. The second kappa shape index (κ2) is 8.22. The van der Waals surface area contributed by atoms with Gasteiger partial charge >= 0.3 is 0 Å². The number of nitrogen functional groups attached to an aromatic ring is 2. The summed E-state index contributed by atoms with van der Waals surface area (Å²) in [6.45, 7) is 0. The van der Waals surface area contributed by atoms with Gasteiger partial charge in [0.05, 0.1) is 15.5 Å². The maximum Gasteiger partial charge on any atom is 0.271 e. The van der Waals surface area contributed by atoms with Crippen LogP contribution in [-0.2, 0) is 0 Å². The maximum atomic E-state index is 10.3. The average molecular weight is 513 g/mol. The zero-order valence-corrected chi connectivity index (χ0v) is 16.0. The number of rotatable bonds is 2. The van der Waals surface area contributed by atoms with Gasteiger partial charge in [-0.05, 0) is 53.9 Å². The number of nitrogens with two attached hydrogens (primary N) is 2. The Hall–Kier alpha value is -1.72. The Bertz CT molecular complexity index is 747. The molecule has 8 nitrogen and oxygen atoms in total. The number of non-ortho nitro benzene ring substituents is 2. The predicted octanol–water partition coefficient (Wildman–Crippen LogP) is 4.64. The largest absolute Gasteiger partial charge is 0.398 e. The lowest BCUT2D eigenvalue weighted by Gasteiger charge is -2.00. The van der Waals surface area contributed by atoms with Crippen molar-refractivity contribution in [3.05, 3.63) is 64.0 Å². The zero-order chi connectivity index (χ0) is 17.7. The number of nitro benzene ring substituents is 2. The predicted molar refractivity (Wildman–Crippen MR) is 98.1 cm³/mol. The summed E-state index contributed by atoms with van der Waals surface area (Å²) in [5.41, 5.74) is 11.9. The standard InChI is InChI=1S/C6H4Br2N2O2.C6H5BrN2O2/c7-4-1-3(10(11)12)2-5(8)6(4)9;7-5-3-4(9(10)11)1-2-6(5)8/h1-2H,9H2;1-3H,8H2. The highest BCUT2D eigenvalue weighted by Crippen LogP contribution is 2.32. The van der Waals surface area contributed by atoms with E-state index < -0.39 is 9.85 Å². The summed E-state index contributed by atoms with van der Waals surface area (Å²) < 4.78 is 1.58. The van der Waals surface area contributed by atoms with E-state index in [1.54, 1.807) is 0 Å². The van der Waals surface area contributed by atoms with E-state index >= 15 is 0 Å². The lowest BCUT2D eigenvalue weighted by atomic mass is 10.3. The van der Waals surface area contributed by atoms with Gasteiger partial charge in [0.15, 0.2) is 0 Å². The molecule has 0 spiro atoms. The van der Waals surface area contributed by atoms with Crippen LogP contribution in [0.2, 0.25) is 0 Å². The summed E-state index contributed by atoms with van der Waals surface area (Å²) in [6.07, 6.45) is 0. The lowest BCUT2D eigenvalue weighted by Crippen LogP contribution is -1.92. The molecule has 0 radical (unpaired) electrons. The summed E-state index contributed by atoms with van der Waals surface area (Å²) in [5.74, 6) is 0. The number of halogens is 3. The van der Waals surface area contributed by atoms with Gasteiger partial charge in [-0.3, -0.25) is 20.2 Å². The highest BCUT2D eigenvalue weighted by atomic mass is 79.9. The molecule has 122 valence electrons. The van der Waals surface area contributed by atoms with Gasteiger partial charge in [0.2, 0.25) is 0 Å². The van der Waals surface area contributed by atoms with E-state index in [1.165, 1.54) is 30.3 Å². The molecular weight excluding hydrogens is 504 g/mol. The van der Waals surface area contributed by atoms with Gasteiger partial charge in [0.25, 0.3) is 11.4 Å². The third-order valence-electron chi connectivity index (χ3n) is 2.47. The van der Waals surface area contributed by atoms with Crippen LogP contribution in [0.25, 0.3) is 0 Å². The highest BCUT2D eigenvalue weighted by molar-refractivity contribution is 9.11. The van der Waals surface area contributed by atoms with Crippen LogP contribution in [-0.4, -0.2) is 9.85 Å². The van der Waals surface area contributed by atoms with Crippen LogP contribution in [0.5, 0.6) is 0 Å². The Kier molecular flexibility index (Phi) is 6.91. The quantitative estimate of drug-likeness (QED) is 0.341.